The SMILES string of the molecule is CCC[C@@H](N)C(=O)N1CCN(CCc2ccc(F)cc2)CC1. The predicted octanol–water partition coefficient (Wildman–Crippen LogP) is 1.64. The van der Waals surface area contributed by atoms with E-state index in [1.54, 1.807) is 0 Å². The molecule has 1 aliphatic rings. The van der Waals surface area contributed by atoms with Crippen LogP contribution in [0.3, 0.4) is 0 Å². The second kappa shape index (κ2) is 8.25. The minimum absolute atomic E-state index is 0.0834. The lowest BCUT2D eigenvalue weighted by Gasteiger charge is -2.35. The molecule has 0 bridgehead atoms. The highest BCUT2D eigenvalue weighted by Gasteiger charge is 2.24. The van der Waals surface area contributed by atoms with Crippen molar-refractivity contribution in [1.29, 1.82) is 0 Å². The van der Waals surface area contributed by atoms with Gasteiger partial charge in [-0.15, -0.1) is 0 Å². The highest BCUT2D eigenvalue weighted by Crippen LogP contribution is 2.08. The van der Waals surface area contributed by atoms with E-state index in [-0.39, 0.29) is 17.8 Å². The maximum atomic E-state index is 12.9. The van der Waals surface area contributed by atoms with Crippen molar-refractivity contribution in [3.05, 3.63) is 35.6 Å². The zero-order valence-electron chi connectivity index (χ0n) is 13.3. The molecule has 2 rings (SSSR count). The Balaban J connectivity index is 1.73. The normalized spacial score (nSPS) is 17.5. The minimum atomic E-state index is -0.351. The fourth-order valence-electron chi connectivity index (χ4n) is 2.80. The van der Waals surface area contributed by atoms with Crippen molar-refractivity contribution in [2.45, 2.75) is 32.2 Å². The third-order valence-electron chi connectivity index (χ3n) is 4.23. The first-order chi connectivity index (χ1) is 10.6. The van der Waals surface area contributed by atoms with E-state index in [0.717, 1.165) is 57.5 Å². The van der Waals surface area contributed by atoms with E-state index in [4.69, 9.17) is 5.73 Å². The van der Waals surface area contributed by atoms with E-state index in [9.17, 15) is 9.18 Å². The van der Waals surface area contributed by atoms with Crippen molar-refractivity contribution in [2.75, 3.05) is 32.7 Å². The topological polar surface area (TPSA) is 49.6 Å². The van der Waals surface area contributed by atoms with Gasteiger partial charge < -0.3 is 10.6 Å². The summed E-state index contributed by atoms with van der Waals surface area (Å²) in [6.45, 7) is 6.24. The molecule has 1 heterocycles. The van der Waals surface area contributed by atoms with Gasteiger partial charge in [0.05, 0.1) is 6.04 Å². The van der Waals surface area contributed by atoms with Gasteiger partial charge in [-0.2, -0.15) is 0 Å². The van der Waals surface area contributed by atoms with Crippen molar-refractivity contribution < 1.29 is 9.18 Å². The van der Waals surface area contributed by atoms with E-state index >= 15 is 0 Å². The number of halogens is 1. The smallest absolute Gasteiger partial charge is 0.239 e. The Labute approximate surface area is 132 Å². The van der Waals surface area contributed by atoms with Crippen LogP contribution < -0.4 is 5.73 Å². The number of hydrogen-bond acceptors (Lipinski definition) is 3. The van der Waals surface area contributed by atoms with Crippen LogP contribution >= 0.6 is 0 Å². The second-order valence-corrected chi connectivity index (χ2v) is 5.94. The van der Waals surface area contributed by atoms with Gasteiger partial charge in [0.15, 0.2) is 0 Å². The number of rotatable bonds is 6. The summed E-state index contributed by atoms with van der Waals surface area (Å²) in [7, 11) is 0. The highest BCUT2D eigenvalue weighted by molar-refractivity contribution is 5.81. The number of benzene rings is 1. The molecule has 0 aliphatic carbocycles. The minimum Gasteiger partial charge on any atom is -0.339 e. The summed E-state index contributed by atoms with van der Waals surface area (Å²) in [6.07, 6.45) is 2.59. The first-order valence-electron chi connectivity index (χ1n) is 8.11. The van der Waals surface area contributed by atoms with E-state index in [1.165, 1.54) is 12.1 Å². The van der Waals surface area contributed by atoms with Crippen LogP contribution in [0, 0.1) is 5.82 Å². The Morgan fingerprint density at radius 3 is 2.45 bits per heavy atom. The van der Waals surface area contributed by atoms with Crippen LogP contribution in [0.15, 0.2) is 24.3 Å². The Morgan fingerprint density at radius 2 is 1.86 bits per heavy atom. The Morgan fingerprint density at radius 1 is 1.23 bits per heavy atom. The lowest BCUT2D eigenvalue weighted by molar-refractivity contribution is -0.134. The molecule has 4 nitrogen and oxygen atoms in total. The molecule has 1 fully saturated rings. The summed E-state index contributed by atoms with van der Waals surface area (Å²) < 4.78 is 12.9. The summed E-state index contributed by atoms with van der Waals surface area (Å²) in [5.41, 5.74) is 7.05. The van der Waals surface area contributed by atoms with Crippen LogP contribution in [0.4, 0.5) is 4.39 Å². The van der Waals surface area contributed by atoms with Crippen LogP contribution in [-0.2, 0) is 11.2 Å². The van der Waals surface area contributed by atoms with Gasteiger partial charge in [0.25, 0.3) is 0 Å². The fraction of sp³-hybridized carbons (Fsp3) is 0.588. The van der Waals surface area contributed by atoms with E-state index < -0.39 is 0 Å². The number of hydrogen-bond donors (Lipinski definition) is 1. The van der Waals surface area contributed by atoms with Crippen LogP contribution in [0.1, 0.15) is 25.3 Å². The fourth-order valence-corrected chi connectivity index (χ4v) is 2.80. The van der Waals surface area contributed by atoms with Gasteiger partial charge in [-0.25, -0.2) is 4.39 Å². The lowest BCUT2D eigenvalue weighted by Crippen LogP contribution is -2.53. The lowest BCUT2D eigenvalue weighted by atomic mass is 10.1. The molecule has 0 spiro atoms. The number of nitrogens with zero attached hydrogens (tertiary/aromatic N) is 2. The van der Waals surface area contributed by atoms with Gasteiger partial charge in [0, 0.05) is 32.7 Å². The monoisotopic (exact) mass is 307 g/mol. The summed E-state index contributed by atoms with van der Waals surface area (Å²) >= 11 is 0. The van der Waals surface area contributed by atoms with Crippen molar-refractivity contribution >= 4 is 5.91 Å². The Hall–Kier alpha value is -1.46. The second-order valence-electron chi connectivity index (χ2n) is 5.94. The van der Waals surface area contributed by atoms with Crippen LogP contribution in [0.2, 0.25) is 0 Å². The number of carbonyl (C=O) groups excluding carboxylic acids is 1. The summed E-state index contributed by atoms with van der Waals surface area (Å²) in [4.78, 5) is 16.4. The largest absolute Gasteiger partial charge is 0.339 e. The molecule has 22 heavy (non-hydrogen) atoms. The van der Waals surface area contributed by atoms with Gasteiger partial charge in [-0.1, -0.05) is 25.5 Å². The third-order valence-corrected chi connectivity index (χ3v) is 4.23. The van der Waals surface area contributed by atoms with Crippen molar-refractivity contribution in [2.24, 2.45) is 5.73 Å². The molecule has 5 heteroatoms. The molecule has 122 valence electrons. The number of piperazine rings is 1. The van der Waals surface area contributed by atoms with Gasteiger partial charge in [-0.05, 0) is 30.5 Å². The molecule has 2 N–H and O–H groups in total. The molecular weight excluding hydrogens is 281 g/mol. The molecule has 0 aromatic heterocycles. The van der Waals surface area contributed by atoms with Gasteiger partial charge in [0.1, 0.15) is 5.82 Å². The average molecular weight is 307 g/mol. The van der Waals surface area contributed by atoms with Gasteiger partial charge >= 0.3 is 0 Å². The van der Waals surface area contributed by atoms with Crippen molar-refractivity contribution in [3.8, 4) is 0 Å². The standard InChI is InChI=1S/C17H26FN3O/c1-2-3-16(19)17(22)21-12-10-20(11-13-21)9-8-14-4-6-15(18)7-5-14/h4-7,16H,2-3,8-13,19H2,1H3/t16-/m1/s1. The Kier molecular flexibility index (Phi) is 6.34. The van der Waals surface area contributed by atoms with E-state index in [0.29, 0.717) is 0 Å². The third kappa shape index (κ3) is 4.78. The molecule has 1 saturated heterocycles. The van der Waals surface area contributed by atoms with Gasteiger partial charge in [0.2, 0.25) is 5.91 Å². The predicted molar refractivity (Wildman–Crippen MR) is 86.0 cm³/mol. The summed E-state index contributed by atoms with van der Waals surface area (Å²) in [5.74, 6) is -0.112. The molecule has 1 aromatic carbocycles. The van der Waals surface area contributed by atoms with Crippen LogP contribution in [0.25, 0.3) is 0 Å². The number of amides is 1. The number of nitrogens with two attached hydrogens (primary N) is 1. The average Bonchev–Trinajstić information content (AvgIpc) is 2.54. The molecule has 0 unspecified atom stereocenters. The zero-order valence-corrected chi connectivity index (χ0v) is 13.3. The molecular formula is C17H26FN3O. The van der Waals surface area contributed by atoms with E-state index in [1.807, 2.05) is 24.0 Å². The maximum absolute atomic E-state index is 12.9. The Bertz CT molecular complexity index is 469. The van der Waals surface area contributed by atoms with Crippen molar-refractivity contribution in [3.63, 3.8) is 0 Å². The first-order valence-corrected chi connectivity index (χ1v) is 8.11. The molecule has 0 saturated carbocycles. The molecule has 1 amide bonds. The summed E-state index contributed by atoms with van der Waals surface area (Å²) in [5, 5.41) is 0. The number of carbonyl (C=O) groups is 1. The molecule has 1 aliphatic heterocycles. The van der Waals surface area contributed by atoms with E-state index in [2.05, 4.69) is 4.90 Å². The quantitative estimate of drug-likeness (QED) is 0.869. The molecule has 0 radical (unpaired) electrons. The molecule has 1 aromatic rings. The summed E-state index contributed by atoms with van der Waals surface area (Å²) in [6, 6.07) is 6.32. The first kappa shape index (κ1) is 16.9. The zero-order chi connectivity index (χ0) is 15.9. The maximum Gasteiger partial charge on any atom is 0.239 e. The van der Waals surface area contributed by atoms with Crippen LogP contribution in [0.5, 0.6) is 0 Å². The van der Waals surface area contributed by atoms with Crippen LogP contribution in [-0.4, -0.2) is 54.5 Å². The highest BCUT2D eigenvalue weighted by atomic mass is 19.1. The van der Waals surface area contributed by atoms with Crippen molar-refractivity contribution in [1.82, 2.24) is 9.80 Å². The molecule has 1 atom stereocenters. The van der Waals surface area contributed by atoms with Gasteiger partial charge in [-0.3, -0.25) is 9.69 Å².